The molecule has 0 aliphatic carbocycles. The molecule has 0 saturated heterocycles. The van der Waals surface area contributed by atoms with Crippen LogP contribution >= 0.6 is 24.0 Å². The monoisotopic (exact) mass is 445 g/mol. The molecule has 0 aromatic heterocycles. The Morgan fingerprint density at radius 3 is 2.39 bits per heavy atom. The summed E-state index contributed by atoms with van der Waals surface area (Å²) in [6, 6.07) is 4.82. The molecule has 2 N–H and O–H groups in total. The summed E-state index contributed by atoms with van der Waals surface area (Å²) in [4.78, 5) is 4.05. The van der Waals surface area contributed by atoms with Gasteiger partial charge in [0.2, 0.25) is 0 Å². The van der Waals surface area contributed by atoms with Crippen molar-refractivity contribution in [3.8, 4) is 5.75 Å². The lowest BCUT2D eigenvalue weighted by atomic mass is 10.1. The maximum atomic E-state index is 12.6. The van der Waals surface area contributed by atoms with E-state index in [-0.39, 0.29) is 41.9 Å². The fourth-order valence-electron chi connectivity index (χ4n) is 1.63. The Kier molecular flexibility index (Phi) is 8.71. The Labute approximate surface area is 151 Å². The number of ether oxygens (including phenoxy) is 1. The van der Waals surface area contributed by atoms with E-state index >= 15 is 0 Å². The average molecular weight is 445 g/mol. The van der Waals surface area contributed by atoms with Gasteiger partial charge in [-0.15, -0.1) is 24.0 Å². The van der Waals surface area contributed by atoms with Gasteiger partial charge < -0.3 is 15.4 Å². The van der Waals surface area contributed by atoms with E-state index in [4.69, 9.17) is 4.74 Å². The van der Waals surface area contributed by atoms with Crippen LogP contribution in [0.25, 0.3) is 0 Å². The van der Waals surface area contributed by atoms with Crippen molar-refractivity contribution >= 4 is 29.9 Å². The van der Waals surface area contributed by atoms with E-state index < -0.39 is 11.7 Å². The van der Waals surface area contributed by atoms with Gasteiger partial charge in [-0.2, -0.15) is 13.2 Å². The first kappa shape index (κ1) is 21.8. The summed E-state index contributed by atoms with van der Waals surface area (Å²) in [6.07, 6.45) is -4.36. The Morgan fingerprint density at radius 1 is 1.22 bits per heavy atom. The van der Waals surface area contributed by atoms with E-state index in [0.29, 0.717) is 12.5 Å². The zero-order valence-electron chi connectivity index (χ0n) is 13.6. The minimum atomic E-state index is -4.36. The number of alkyl halides is 3. The van der Waals surface area contributed by atoms with Crippen molar-refractivity contribution in [1.29, 1.82) is 0 Å². The summed E-state index contributed by atoms with van der Waals surface area (Å²) < 4.78 is 43.0. The second kappa shape index (κ2) is 9.19. The quantitative estimate of drug-likeness (QED) is 0.322. The summed E-state index contributed by atoms with van der Waals surface area (Å²) in [7, 11) is 1.65. The highest BCUT2D eigenvalue weighted by atomic mass is 127. The largest absolute Gasteiger partial charge is 0.492 e. The molecular formula is C15H23F3IN3O. The topological polar surface area (TPSA) is 45.7 Å². The van der Waals surface area contributed by atoms with Crippen LogP contribution in [0.5, 0.6) is 5.75 Å². The maximum absolute atomic E-state index is 12.6. The molecule has 1 aromatic rings. The molecule has 1 aromatic carbocycles. The molecular weight excluding hydrogens is 422 g/mol. The molecule has 8 heteroatoms. The molecule has 0 amide bonds. The Hall–Kier alpha value is -1.19. The van der Waals surface area contributed by atoms with Crippen molar-refractivity contribution in [1.82, 2.24) is 10.6 Å². The lowest BCUT2D eigenvalue weighted by Gasteiger charge is -2.23. The number of aliphatic imine (C=N–C) groups is 1. The Bertz CT molecular complexity index is 513. The average Bonchev–Trinajstić information content (AvgIpc) is 2.40. The second-order valence-corrected chi connectivity index (χ2v) is 5.75. The number of rotatable bonds is 4. The van der Waals surface area contributed by atoms with Crippen molar-refractivity contribution in [2.24, 2.45) is 4.99 Å². The molecule has 0 spiro atoms. The summed E-state index contributed by atoms with van der Waals surface area (Å²) in [5.74, 6) is 0.801. The number of nitrogens with one attached hydrogen (secondary N) is 2. The summed E-state index contributed by atoms with van der Waals surface area (Å²) in [6.45, 7) is 6.65. The van der Waals surface area contributed by atoms with E-state index in [2.05, 4.69) is 15.6 Å². The minimum Gasteiger partial charge on any atom is -0.492 e. The number of halogens is 4. The highest BCUT2D eigenvalue weighted by molar-refractivity contribution is 14.0. The van der Waals surface area contributed by atoms with Crippen LogP contribution in [0, 0.1) is 0 Å². The van der Waals surface area contributed by atoms with Gasteiger partial charge >= 0.3 is 6.18 Å². The molecule has 0 saturated carbocycles. The molecule has 132 valence electrons. The lowest BCUT2D eigenvalue weighted by molar-refractivity contribution is -0.137. The number of hydrogen-bond acceptors (Lipinski definition) is 2. The van der Waals surface area contributed by atoms with E-state index in [9.17, 15) is 13.2 Å². The number of benzene rings is 1. The van der Waals surface area contributed by atoms with Gasteiger partial charge in [-0.25, -0.2) is 0 Å². The fraction of sp³-hybridized carbons (Fsp3) is 0.533. The van der Waals surface area contributed by atoms with Crippen molar-refractivity contribution in [3.63, 3.8) is 0 Å². The third-order valence-electron chi connectivity index (χ3n) is 2.54. The second-order valence-electron chi connectivity index (χ2n) is 5.75. The molecule has 0 aliphatic heterocycles. The zero-order chi connectivity index (χ0) is 16.8. The molecule has 0 unspecified atom stereocenters. The predicted octanol–water partition coefficient (Wildman–Crippen LogP) is 3.67. The van der Waals surface area contributed by atoms with Crippen molar-refractivity contribution < 1.29 is 17.9 Å². The molecule has 0 heterocycles. The van der Waals surface area contributed by atoms with Crippen LogP contribution in [-0.2, 0) is 6.18 Å². The molecule has 0 aliphatic rings. The summed E-state index contributed by atoms with van der Waals surface area (Å²) in [5.41, 5.74) is -0.854. The maximum Gasteiger partial charge on any atom is 0.416 e. The van der Waals surface area contributed by atoms with Crippen molar-refractivity contribution in [2.45, 2.75) is 32.5 Å². The summed E-state index contributed by atoms with van der Waals surface area (Å²) in [5, 5.41) is 6.20. The van der Waals surface area contributed by atoms with Gasteiger partial charge in [0, 0.05) is 12.6 Å². The molecule has 0 radical (unpaired) electrons. The van der Waals surface area contributed by atoms with Crippen LogP contribution in [-0.4, -0.2) is 31.7 Å². The molecule has 0 fully saturated rings. The van der Waals surface area contributed by atoms with Gasteiger partial charge in [0.25, 0.3) is 0 Å². The van der Waals surface area contributed by atoms with Gasteiger partial charge in [0.15, 0.2) is 5.96 Å². The third kappa shape index (κ3) is 8.87. The lowest BCUT2D eigenvalue weighted by Crippen LogP contribution is -2.48. The van der Waals surface area contributed by atoms with Crippen LogP contribution < -0.4 is 15.4 Å². The SMILES string of the molecule is CN=C(NCCOc1cccc(C(F)(F)F)c1)NC(C)(C)C.I. The van der Waals surface area contributed by atoms with Crippen LogP contribution in [0.3, 0.4) is 0 Å². The number of hydrogen-bond donors (Lipinski definition) is 2. The molecule has 0 atom stereocenters. The molecule has 4 nitrogen and oxygen atoms in total. The van der Waals surface area contributed by atoms with Gasteiger partial charge in [-0.1, -0.05) is 6.07 Å². The van der Waals surface area contributed by atoms with E-state index in [1.54, 1.807) is 7.05 Å². The van der Waals surface area contributed by atoms with Gasteiger partial charge in [0.1, 0.15) is 12.4 Å². The highest BCUT2D eigenvalue weighted by Crippen LogP contribution is 2.31. The van der Waals surface area contributed by atoms with Crippen LogP contribution in [0.1, 0.15) is 26.3 Å². The van der Waals surface area contributed by atoms with Crippen molar-refractivity contribution in [3.05, 3.63) is 29.8 Å². The van der Waals surface area contributed by atoms with E-state index in [1.165, 1.54) is 12.1 Å². The number of nitrogens with zero attached hydrogens (tertiary/aromatic N) is 1. The molecule has 0 bridgehead atoms. The molecule has 23 heavy (non-hydrogen) atoms. The zero-order valence-corrected chi connectivity index (χ0v) is 16.0. The molecule has 1 rings (SSSR count). The predicted molar refractivity (Wildman–Crippen MR) is 96.6 cm³/mol. The Balaban J connectivity index is 0.00000484. The first-order valence-electron chi connectivity index (χ1n) is 6.91. The van der Waals surface area contributed by atoms with E-state index in [1.807, 2.05) is 20.8 Å². The third-order valence-corrected chi connectivity index (χ3v) is 2.54. The first-order chi connectivity index (χ1) is 10.1. The normalized spacial score (nSPS) is 12.4. The highest BCUT2D eigenvalue weighted by Gasteiger charge is 2.30. The Morgan fingerprint density at radius 2 is 1.87 bits per heavy atom. The van der Waals surface area contributed by atoms with Gasteiger partial charge in [-0.3, -0.25) is 4.99 Å². The number of guanidine groups is 1. The van der Waals surface area contributed by atoms with Crippen molar-refractivity contribution in [2.75, 3.05) is 20.2 Å². The van der Waals surface area contributed by atoms with Crippen LogP contribution in [0.15, 0.2) is 29.3 Å². The smallest absolute Gasteiger partial charge is 0.416 e. The standard InChI is InChI=1S/C15H22F3N3O.HI/c1-14(2,3)21-13(19-4)20-8-9-22-12-7-5-6-11(10-12)15(16,17)18;/h5-7,10H,8-9H2,1-4H3,(H2,19,20,21);1H. The van der Waals surface area contributed by atoms with E-state index in [0.717, 1.165) is 12.1 Å². The fourth-order valence-corrected chi connectivity index (χ4v) is 1.63. The minimum absolute atomic E-state index is 0. The first-order valence-corrected chi connectivity index (χ1v) is 6.91. The van der Waals surface area contributed by atoms with Gasteiger partial charge in [0.05, 0.1) is 12.1 Å². The summed E-state index contributed by atoms with van der Waals surface area (Å²) >= 11 is 0. The van der Waals surface area contributed by atoms with Crippen LogP contribution in [0.4, 0.5) is 13.2 Å². The van der Waals surface area contributed by atoms with Crippen LogP contribution in [0.2, 0.25) is 0 Å². The van der Waals surface area contributed by atoms with Gasteiger partial charge in [-0.05, 0) is 39.0 Å².